The van der Waals surface area contributed by atoms with E-state index in [9.17, 15) is 9.59 Å². The summed E-state index contributed by atoms with van der Waals surface area (Å²) in [4.78, 5) is 28.5. The fourth-order valence-electron chi connectivity index (χ4n) is 4.05. The minimum absolute atomic E-state index is 0.119. The number of anilines is 2. The third-order valence-corrected chi connectivity index (χ3v) is 7.22. The molecule has 7 nitrogen and oxygen atoms in total. The van der Waals surface area contributed by atoms with Crippen molar-refractivity contribution in [2.24, 2.45) is 0 Å². The Hall–Kier alpha value is -3.04. The normalized spacial score (nSPS) is 13.6. The summed E-state index contributed by atoms with van der Waals surface area (Å²) in [6.07, 6.45) is 3.34. The minimum Gasteiger partial charge on any atom is -0.457 e. The lowest BCUT2D eigenvalue weighted by Crippen LogP contribution is -2.48. The predicted octanol–water partition coefficient (Wildman–Crippen LogP) is 6.49. The summed E-state index contributed by atoms with van der Waals surface area (Å²) in [7, 11) is 0. The molecular formula is C27H25Cl3N4O3S. The first-order valence-corrected chi connectivity index (χ1v) is 13.5. The van der Waals surface area contributed by atoms with Crippen LogP contribution < -0.4 is 15.5 Å². The van der Waals surface area contributed by atoms with E-state index < -0.39 is 5.91 Å². The van der Waals surface area contributed by atoms with Crippen LogP contribution in [0.25, 0.3) is 17.4 Å². The van der Waals surface area contributed by atoms with Crippen molar-refractivity contribution in [1.82, 2.24) is 10.2 Å². The van der Waals surface area contributed by atoms with Gasteiger partial charge in [-0.2, -0.15) is 0 Å². The van der Waals surface area contributed by atoms with E-state index in [-0.39, 0.29) is 11.0 Å². The lowest BCUT2D eigenvalue weighted by Gasteiger charge is -2.37. The van der Waals surface area contributed by atoms with Crippen LogP contribution in [0.5, 0.6) is 0 Å². The standard InChI is InChI=1S/C27H25Cl3N4O3S/c1-2-25(36)34-14-12-33(13-15-34)22-9-6-17(28)16-21(22)31-27(38)32-24(35)11-8-18-7-10-23(37-18)19-4-3-5-20(29)26(19)30/h3-11,16H,2,12-15H2,1H3,(H2,31,32,35,38)/b11-8+. The number of nitrogens with zero attached hydrogens (tertiary/aromatic N) is 2. The SMILES string of the molecule is CCC(=O)N1CCN(c2ccc(Cl)cc2NC(=S)NC(=O)/C=C/c2ccc(-c3cccc(Cl)c3Cl)o2)CC1. The zero-order valence-corrected chi connectivity index (χ0v) is 23.6. The maximum atomic E-state index is 12.5. The highest BCUT2D eigenvalue weighted by molar-refractivity contribution is 7.80. The van der Waals surface area contributed by atoms with Gasteiger partial charge < -0.3 is 19.5 Å². The van der Waals surface area contributed by atoms with Crippen molar-refractivity contribution in [3.8, 4) is 11.3 Å². The van der Waals surface area contributed by atoms with Gasteiger partial charge in [0.05, 0.1) is 21.4 Å². The first kappa shape index (κ1) is 28.0. The smallest absolute Gasteiger partial charge is 0.250 e. The number of nitrogens with one attached hydrogen (secondary N) is 2. The fourth-order valence-corrected chi connectivity index (χ4v) is 4.83. The number of hydrogen-bond donors (Lipinski definition) is 2. The maximum absolute atomic E-state index is 12.5. The highest BCUT2D eigenvalue weighted by atomic mass is 35.5. The predicted molar refractivity (Wildman–Crippen MR) is 158 cm³/mol. The zero-order chi connectivity index (χ0) is 27.2. The summed E-state index contributed by atoms with van der Waals surface area (Å²) >= 11 is 23.9. The van der Waals surface area contributed by atoms with Crippen LogP contribution >= 0.6 is 47.0 Å². The number of carbonyl (C=O) groups excluding carboxylic acids is 2. The summed E-state index contributed by atoms with van der Waals surface area (Å²) < 4.78 is 5.78. The van der Waals surface area contributed by atoms with Gasteiger partial charge in [0.25, 0.3) is 0 Å². The first-order chi connectivity index (χ1) is 18.2. The monoisotopic (exact) mass is 590 g/mol. The van der Waals surface area contributed by atoms with Crippen LogP contribution in [0.1, 0.15) is 19.1 Å². The molecule has 2 N–H and O–H groups in total. The number of benzene rings is 2. The molecule has 4 rings (SSSR count). The molecule has 0 spiro atoms. The number of furan rings is 1. The molecule has 1 fully saturated rings. The molecule has 2 heterocycles. The zero-order valence-electron chi connectivity index (χ0n) is 20.5. The van der Waals surface area contributed by atoms with Crippen molar-refractivity contribution in [1.29, 1.82) is 0 Å². The van der Waals surface area contributed by atoms with Gasteiger partial charge in [-0.25, -0.2) is 0 Å². The van der Waals surface area contributed by atoms with Crippen LogP contribution in [-0.4, -0.2) is 48.0 Å². The van der Waals surface area contributed by atoms with Crippen molar-refractivity contribution < 1.29 is 14.0 Å². The molecule has 11 heteroatoms. The van der Waals surface area contributed by atoms with Crippen LogP contribution in [0.15, 0.2) is 59.0 Å². The Morgan fingerprint density at radius 1 is 1.05 bits per heavy atom. The Balaban J connectivity index is 1.37. The molecule has 0 saturated carbocycles. The molecule has 0 radical (unpaired) electrons. The molecule has 1 aromatic heterocycles. The van der Waals surface area contributed by atoms with Gasteiger partial charge in [0.15, 0.2) is 5.11 Å². The van der Waals surface area contributed by atoms with Crippen molar-refractivity contribution in [2.75, 3.05) is 36.4 Å². The van der Waals surface area contributed by atoms with E-state index in [0.717, 1.165) is 5.69 Å². The molecule has 2 amide bonds. The molecule has 0 aliphatic carbocycles. The molecule has 198 valence electrons. The molecule has 2 aromatic carbocycles. The lowest BCUT2D eigenvalue weighted by molar-refractivity contribution is -0.131. The van der Waals surface area contributed by atoms with Gasteiger partial charge in [0.2, 0.25) is 11.8 Å². The van der Waals surface area contributed by atoms with Gasteiger partial charge >= 0.3 is 0 Å². The summed E-state index contributed by atoms with van der Waals surface area (Å²) in [5.41, 5.74) is 2.20. The summed E-state index contributed by atoms with van der Waals surface area (Å²) in [6.45, 7) is 4.49. The minimum atomic E-state index is -0.434. The molecule has 1 aliphatic heterocycles. The number of thiocarbonyl (C=S) groups is 1. The highest BCUT2D eigenvalue weighted by Crippen LogP contribution is 2.34. The maximum Gasteiger partial charge on any atom is 0.250 e. The second-order valence-corrected chi connectivity index (χ2v) is 10.1. The topological polar surface area (TPSA) is 77.8 Å². The Morgan fingerprint density at radius 2 is 1.82 bits per heavy atom. The Labute approximate surface area is 241 Å². The molecule has 1 aliphatic rings. The average Bonchev–Trinajstić information content (AvgIpc) is 3.37. The second kappa shape index (κ2) is 12.7. The van der Waals surface area contributed by atoms with E-state index in [4.69, 9.17) is 51.4 Å². The summed E-state index contributed by atoms with van der Waals surface area (Å²) in [6, 6.07) is 14.2. The third-order valence-electron chi connectivity index (χ3n) is 5.96. The highest BCUT2D eigenvalue weighted by Gasteiger charge is 2.22. The van der Waals surface area contributed by atoms with Crippen molar-refractivity contribution in [2.45, 2.75) is 13.3 Å². The number of piperazine rings is 1. The molecule has 0 bridgehead atoms. The quantitative estimate of drug-likeness (QED) is 0.252. The average molecular weight is 592 g/mol. The fraction of sp³-hybridized carbons (Fsp3) is 0.222. The van der Waals surface area contributed by atoms with Gasteiger partial charge in [0.1, 0.15) is 11.5 Å². The van der Waals surface area contributed by atoms with Gasteiger partial charge in [-0.3, -0.25) is 14.9 Å². The molecule has 1 saturated heterocycles. The summed E-state index contributed by atoms with van der Waals surface area (Å²) in [5, 5.41) is 7.17. The van der Waals surface area contributed by atoms with E-state index in [1.807, 2.05) is 17.9 Å². The first-order valence-electron chi connectivity index (χ1n) is 11.9. The molecular weight excluding hydrogens is 567 g/mol. The van der Waals surface area contributed by atoms with Crippen LogP contribution in [0, 0.1) is 0 Å². The molecule has 0 atom stereocenters. The molecule has 38 heavy (non-hydrogen) atoms. The largest absolute Gasteiger partial charge is 0.457 e. The number of amides is 2. The third kappa shape index (κ3) is 6.88. The summed E-state index contributed by atoms with van der Waals surface area (Å²) in [5.74, 6) is 0.706. The van der Waals surface area contributed by atoms with Crippen LogP contribution in [0.2, 0.25) is 15.1 Å². The number of carbonyl (C=O) groups is 2. The van der Waals surface area contributed by atoms with E-state index in [0.29, 0.717) is 70.4 Å². The molecule has 3 aromatic rings. The van der Waals surface area contributed by atoms with E-state index in [2.05, 4.69) is 15.5 Å². The van der Waals surface area contributed by atoms with Crippen molar-refractivity contribution >= 4 is 81.4 Å². The number of rotatable bonds is 6. The van der Waals surface area contributed by atoms with E-state index in [1.165, 1.54) is 12.2 Å². The number of hydrogen-bond acceptors (Lipinski definition) is 5. The Bertz CT molecular complexity index is 1380. The number of halogens is 3. The van der Waals surface area contributed by atoms with Crippen LogP contribution in [0.4, 0.5) is 11.4 Å². The van der Waals surface area contributed by atoms with Gasteiger partial charge in [-0.15, -0.1) is 0 Å². The van der Waals surface area contributed by atoms with E-state index >= 15 is 0 Å². The Kier molecular flexibility index (Phi) is 9.33. The van der Waals surface area contributed by atoms with Gasteiger partial charge in [-0.05, 0) is 60.8 Å². The van der Waals surface area contributed by atoms with Gasteiger partial charge in [-0.1, -0.05) is 47.8 Å². The van der Waals surface area contributed by atoms with Crippen molar-refractivity contribution in [3.63, 3.8) is 0 Å². The van der Waals surface area contributed by atoms with Crippen LogP contribution in [-0.2, 0) is 9.59 Å². The van der Waals surface area contributed by atoms with E-state index in [1.54, 1.807) is 42.5 Å². The lowest BCUT2D eigenvalue weighted by atomic mass is 10.2. The van der Waals surface area contributed by atoms with Crippen molar-refractivity contribution in [3.05, 3.63) is 75.4 Å². The van der Waals surface area contributed by atoms with Gasteiger partial charge in [0, 0.05) is 49.3 Å². The van der Waals surface area contributed by atoms with Crippen LogP contribution in [0.3, 0.4) is 0 Å². The Morgan fingerprint density at radius 3 is 2.55 bits per heavy atom. The molecule has 0 unspecified atom stereocenters. The second-order valence-electron chi connectivity index (χ2n) is 8.46.